The smallest absolute Gasteiger partial charge is 0.400 e. The van der Waals surface area contributed by atoms with Crippen molar-refractivity contribution in [1.29, 1.82) is 0 Å². The molecule has 0 aliphatic carbocycles. The van der Waals surface area contributed by atoms with Crippen LogP contribution in [-0.4, -0.2) is 41.7 Å². The monoisotopic (exact) mass is 227 g/mol. The minimum atomic E-state index is -4.59. The molecule has 1 N–H and O–H groups in total. The van der Waals surface area contributed by atoms with Gasteiger partial charge in [0.05, 0.1) is 6.42 Å². The number of halogens is 3. The summed E-state index contributed by atoms with van der Waals surface area (Å²) in [5.74, 6) is -4.38. The van der Waals surface area contributed by atoms with Crippen molar-refractivity contribution in [2.24, 2.45) is 5.92 Å². The Bertz CT molecular complexity index is 252. The Labute approximate surface area is 84.7 Å². The molecule has 1 unspecified atom stereocenters. The maximum Gasteiger partial charge on any atom is 0.400 e. The first kappa shape index (κ1) is 13.7. The standard InChI is InChI=1S/C8H12F3NO3/c1-5(8(9,10)11)7(15)12(2)4-3-6(13)14/h5H,3-4H2,1-2H3,(H,13,14). The van der Waals surface area contributed by atoms with Gasteiger partial charge in [0.1, 0.15) is 5.92 Å². The Morgan fingerprint density at radius 1 is 1.40 bits per heavy atom. The van der Waals surface area contributed by atoms with E-state index in [1.54, 1.807) is 0 Å². The van der Waals surface area contributed by atoms with E-state index in [2.05, 4.69) is 0 Å². The number of alkyl halides is 3. The van der Waals surface area contributed by atoms with Crippen LogP contribution in [0.1, 0.15) is 13.3 Å². The van der Waals surface area contributed by atoms with Crippen LogP contribution in [0, 0.1) is 5.92 Å². The first-order chi connectivity index (χ1) is 6.66. The minimum absolute atomic E-state index is 0.228. The third-order valence-corrected chi connectivity index (χ3v) is 1.90. The van der Waals surface area contributed by atoms with Gasteiger partial charge in [-0.15, -0.1) is 0 Å². The van der Waals surface area contributed by atoms with E-state index in [1.807, 2.05) is 0 Å². The van der Waals surface area contributed by atoms with Crippen molar-refractivity contribution in [3.05, 3.63) is 0 Å². The zero-order valence-corrected chi connectivity index (χ0v) is 8.34. The molecule has 0 aliphatic heterocycles. The molecule has 0 aromatic heterocycles. The molecule has 0 spiro atoms. The highest BCUT2D eigenvalue weighted by atomic mass is 19.4. The van der Waals surface area contributed by atoms with E-state index in [0.717, 1.165) is 18.9 Å². The molecule has 0 aromatic carbocycles. The normalized spacial score (nSPS) is 13.4. The fourth-order valence-electron chi connectivity index (χ4n) is 0.844. The lowest BCUT2D eigenvalue weighted by atomic mass is 10.1. The number of carbonyl (C=O) groups is 2. The highest BCUT2D eigenvalue weighted by Crippen LogP contribution is 2.26. The number of amides is 1. The summed E-state index contributed by atoms with van der Waals surface area (Å²) in [7, 11) is 1.15. The van der Waals surface area contributed by atoms with Crippen molar-refractivity contribution in [2.75, 3.05) is 13.6 Å². The maximum atomic E-state index is 12.1. The first-order valence-corrected chi connectivity index (χ1v) is 4.19. The van der Waals surface area contributed by atoms with Crippen LogP contribution in [0.2, 0.25) is 0 Å². The number of hydrogen-bond acceptors (Lipinski definition) is 2. The van der Waals surface area contributed by atoms with Gasteiger partial charge in [-0.25, -0.2) is 0 Å². The summed E-state index contributed by atoms with van der Waals surface area (Å²) in [6.45, 7) is 0.522. The van der Waals surface area contributed by atoms with Crippen molar-refractivity contribution in [3.63, 3.8) is 0 Å². The van der Waals surface area contributed by atoms with E-state index in [9.17, 15) is 22.8 Å². The summed E-state index contributed by atoms with van der Waals surface area (Å²) >= 11 is 0. The first-order valence-electron chi connectivity index (χ1n) is 4.19. The lowest BCUT2D eigenvalue weighted by Crippen LogP contribution is -2.39. The van der Waals surface area contributed by atoms with Crippen molar-refractivity contribution in [3.8, 4) is 0 Å². The molecule has 1 atom stereocenters. The molecular formula is C8H12F3NO3. The number of nitrogens with zero attached hydrogens (tertiary/aromatic N) is 1. The molecule has 0 aliphatic rings. The zero-order valence-electron chi connectivity index (χ0n) is 8.34. The highest BCUT2D eigenvalue weighted by molar-refractivity contribution is 5.79. The Balaban J connectivity index is 4.26. The van der Waals surface area contributed by atoms with Gasteiger partial charge in [-0.3, -0.25) is 9.59 Å². The summed E-state index contributed by atoms with van der Waals surface area (Å²) in [6, 6.07) is 0. The van der Waals surface area contributed by atoms with Crippen molar-refractivity contribution in [1.82, 2.24) is 4.90 Å². The van der Waals surface area contributed by atoms with Crippen molar-refractivity contribution >= 4 is 11.9 Å². The van der Waals surface area contributed by atoms with Gasteiger partial charge < -0.3 is 10.0 Å². The predicted octanol–water partition coefficient (Wildman–Crippen LogP) is 1.12. The topological polar surface area (TPSA) is 57.6 Å². The molecule has 7 heteroatoms. The van der Waals surface area contributed by atoms with E-state index < -0.39 is 24.0 Å². The van der Waals surface area contributed by atoms with Gasteiger partial charge in [0, 0.05) is 13.6 Å². The van der Waals surface area contributed by atoms with Crippen LogP contribution < -0.4 is 0 Å². The van der Waals surface area contributed by atoms with Crippen LogP contribution in [-0.2, 0) is 9.59 Å². The fourth-order valence-corrected chi connectivity index (χ4v) is 0.844. The average Bonchev–Trinajstić information content (AvgIpc) is 2.10. The Morgan fingerprint density at radius 2 is 1.87 bits per heavy atom. The van der Waals surface area contributed by atoms with E-state index in [0.29, 0.717) is 0 Å². The van der Waals surface area contributed by atoms with E-state index in [4.69, 9.17) is 5.11 Å². The third kappa shape index (κ3) is 4.66. The molecule has 0 radical (unpaired) electrons. The van der Waals surface area contributed by atoms with Crippen molar-refractivity contribution < 1.29 is 27.9 Å². The van der Waals surface area contributed by atoms with Gasteiger partial charge in [-0.1, -0.05) is 0 Å². The van der Waals surface area contributed by atoms with Gasteiger partial charge in [0.2, 0.25) is 5.91 Å². The van der Waals surface area contributed by atoms with Crippen LogP contribution in [0.15, 0.2) is 0 Å². The molecule has 0 fully saturated rings. The molecule has 0 saturated carbocycles. The second-order valence-electron chi connectivity index (χ2n) is 3.17. The van der Waals surface area contributed by atoms with Gasteiger partial charge in [0.15, 0.2) is 0 Å². The van der Waals surface area contributed by atoms with Crippen LogP contribution in [0.3, 0.4) is 0 Å². The predicted molar refractivity (Wildman–Crippen MR) is 45.1 cm³/mol. The van der Waals surface area contributed by atoms with Gasteiger partial charge in [-0.2, -0.15) is 13.2 Å². The Morgan fingerprint density at radius 3 is 2.20 bits per heavy atom. The number of carboxylic acids is 1. The molecule has 15 heavy (non-hydrogen) atoms. The third-order valence-electron chi connectivity index (χ3n) is 1.90. The molecule has 0 heterocycles. The average molecular weight is 227 g/mol. The van der Waals surface area contributed by atoms with Crippen molar-refractivity contribution in [2.45, 2.75) is 19.5 Å². The number of rotatable bonds is 4. The summed E-state index contributed by atoms with van der Waals surface area (Å²) in [6.07, 6.45) is -4.96. The molecule has 0 bridgehead atoms. The quantitative estimate of drug-likeness (QED) is 0.782. The molecule has 0 rings (SSSR count). The molecule has 4 nitrogen and oxygen atoms in total. The highest BCUT2D eigenvalue weighted by Gasteiger charge is 2.42. The fraction of sp³-hybridized carbons (Fsp3) is 0.750. The SMILES string of the molecule is CC(C(=O)N(C)CCC(=O)O)C(F)(F)F. The second kappa shape index (κ2) is 4.99. The summed E-state index contributed by atoms with van der Waals surface area (Å²) < 4.78 is 36.3. The number of carboxylic acid groups (broad SMARTS) is 1. The van der Waals surface area contributed by atoms with Gasteiger partial charge in [0.25, 0.3) is 0 Å². The molecule has 1 amide bonds. The number of hydrogen-bond donors (Lipinski definition) is 1. The zero-order chi connectivity index (χ0) is 12.2. The maximum absolute atomic E-state index is 12.1. The molecular weight excluding hydrogens is 215 g/mol. The van der Waals surface area contributed by atoms with Crippen LogP contribution >= 0.6 is 0 Å². The Hall–Kier alpha value is -1.27. The molecule has 0 aromatic rings. The van der Waals surface area contributed by atoms with E-state index in [1.165, 1.54) is 0 Å². The molecule has 88 valence electrons. The summed E-state index contributed by atoms with van der Waals surface area (Å²) in [5.41, 5.74) is 0. The number of carbonyl (C=O) groups excluding carboxylic acids is 1. The van der Waals surface area contributed by atoms with Gasteiger partial charge >= 0.3 is 12.1 Å². The van der Waals surface area contributed by atoms with E-state index >= 15 is 0 Å². The Kier molecular flexibility index (Phi) is 4.57. The van der Waals surface area contributed by atoms with Gasteiger partial charge in [-0.05, 0) is 6.92 Å². The van der Waals surface area contributed by atoms with E-state index in [-0.39, 0.29) is 13.0 Å². The summed E-state index contributed by atoms with van der Waals surface area (Å²) in [5, 5.41) is 8.28. The van der Waals surface area contributed by atoms with Crippen LogP contribution in [0.5, 0.6) is 0 Å². The van der Waals surface area contributed by atoms with Crippen LogP contribution in [0.25, 0.3) is 0 Å². The minimum Gasteiger partial charge on any atom is -0.481 e. The summed E-state index contributed by atoms with van der Waals surface area (Å²) in [4.78, 5) is 22.0. The lowest BCUT2D eigenvalue weighted by Gasteiger charge is -2.22. The lowest BCUT2D eigenvalue weighted by molar-refractivity contribution is -0.184. The molecule has 0 saturated heterocycles. The largest absolute Gasteiger partial charge is 0.481 e. The second-order valence-corrected chi connectivity index (χ2v) is 3.17. The number of aliphatic carboxylic acids is 1. The van der Waals surface area contributed by atoms with Crippen LogP contribution in [0.4, 0.5) is 13.2 Å².